The lowest BCUT2D eigenvalue weighted by molar-refractivity contribution is -0.117. The number of aromatic nitrogens is 2. The van der Waals surface area contributed by atoms with E-state index in [9.17, 15) is 14.9 Å². The number of methoxy groups -OCH3 is 1. The molecule has 33 heavy (non-hydrogen) atoms. The van der Waals surface area contributed by atoms with Crippen molar-refractivity contribution in [3.05, 3.63) is 70.2 Å². The van der Waals surface area contributed by atoms with Gasteiger partial charge >= 0.3 is 0 Å². The highest BCUT2D eigenvalue weighted by Gasteiger charge is 2.20. The van der Waals surface area contributed by atoms with Gasteiger partial charge < -0.3 is 19.5 Å². The molecular weight excluding hydrogens is 424 g/mol. The van der Waals surface area contributed by atoms with Gasteiger partial charge in [-0.2, -0.15) is 10.2 Å². The SMILES string of the molecule is COc1ccc(Oc2nc3ccccn3c(=O)c2/C=C(\C#N)C(=O)NC[C@@H]2CCCO2)cc1. The molecule has 1 aromatic carbocycles. The van der Waals surface area contributed by atoms with Crippen molar-refractivity contribution in [2.75, 3.05) is 20.3 Å². The number of pyridine rings is 1. The molecule has 3 aromatic rings. The summed E-state index contributed by atoms with van der Waals surface area (Å²) in [6.45, 7) is 0.953. The molecule has 0 saturated carbocycles. The number of amides is 1. The molecule has 2 aromatic heterocycles. The fourth-order valence-electron chi connectivity index (χ4n) is 3.44. The van der Waals surface area contributed by atoms with Crippen molar-refractivity contribution in [3.63, 3.8) is 0 Å². The van der Waals surface area contributed by atoms with E-state index < -0.39 is 11.5 Å². The molecule has 1 amide bonds. The number of hydrogen-bond donors (Lipinski definition) is 1. The third kappa shape index (κ3) is 5.02. The normalized spacial score (nSPS) is 15.8. The molecule has 0 aliphatic carbocycles. The molecule has 9 heteroatoms. The summed E-state index contributed by atoms with van der Waals surface area (Å²) in [4.78, 5) is 30.2. The molecule has 168 valence electrons. The van der Waals surface area contributed by atoms with Crippen LogP contribution in [0.15, 0.2) is 59.0 Å². The number of fused-ring (bicyclic) bond motifs is 1. The van der Waals surface area contributed by atoms with Gasteiger partial charge in [-0.15, -0.1) is 0 Å². The van der Waals surface area contributed by atoms with Crippen LogP contribution in [-0.2, 0) is 9.53 Å². The molecule has 1 saturated heterocycles. The van der Waals surface area contributed by atoms with Crippen LogP contribution in [-0.4, -0.2) is 41.7 Å². The van der Waals surface area contributed by atoms with E-state index in [1.807, 2.05) is 6.07 Å². The summed E-state index contributed by atoms with van der Waals surface area (Å²) in [5.74, 6) is 0.444. The zero-order chi connectivity index (χ0) is 23.2. The molecule has 4 rings (SSSR count). The Morgan fingerprint density at radius 3 is 2.79 bits per heavy atom. The van der Waals surface area contributed by atoms with Crippen LogP contribution < -0.4 is 20.3 Å². The minimum Gasteiger partial charge on any atom is -0.497 e. The van der Waals surface area contributed by atoms with E-state index in [1.54, 1.807) is 55.8 Å². The van der Waals surface area contributed by atoms with Gasteiger partial charge in [-0.1, -0.05) is 6.07 Å². The summed E-state index contributed by atoms with van der Waals surface area (Å²) in [6, 6.07) is 13.7. The van der Waals surface area contributed by atoms with Crippen LogP contribution in [0.3, 0.4) is 0 Å². The summed E-state index contributed by atoms with van der Waals surface area (Å²) >= 11 is 0. The van der Waals surface area contributed by atoms with Crippen molar-refractivity contribution in [2.45, 2.75) is 18.9 Å². The Balaban J connectivity index is 1.71. The lowest BCUT2D eigenvalue weighted by Gasteiger charge is -2.12. The fraction of sp³-hybridized carbons (Fsp3) is 0.250. The maximum absolute atomic E-state index is 13.2. The van der Waals surface area contributed by atoms with Crippen molar-refractivity contribution in [1.82, 2.24) is 14.7 Å². The molecule has 1 aliphatic heterocycles. The summed E-state index contributed by atoms with van der Waals surface area (Å²) in [5.41, 5.74) is -0.353. The second kappa shape index (κ2) is 9.97. The van der Waals surface area contributed by atoms with Crippen LogP contribution >= 0.6 is 0 Å². The van der Waals surface area contributed by atoms with Crippen LogP contribution in [0.25, 0.3) is 11.7 Å². The number of nitrogens with one attached hydrogen (secondary N) is 1. The molecular formula is C24H22N4O5. The first-order chi connectivity index (χ1) is 16.1. The first-order valence-electron chi connectivity index (χ1n) is 10.4. The highest BCUT2D eigenvalue weighted by molar-refractivity contribution is 6.01. The third-order valence-corrected chi connectivity index (χ3v) is 5.18. The zero-order valence-corrected chi connectivity index (χ0v) is 18.0. The molecule has 1 fully saturated rings. The molecule has 1 aliphatic rings. The monoisotopic (exact) mass is 446 g/mol. The van der Waals surface area contributed by atoms with Gasteiger partial charge in [-0.05, 0) is 55.3 Å². The Morgan fingerprint density at radius 2 is 2.09 bits per heavy atom. The van der Waals surface area contributed by atoms with Crippen LogP contribution in [0.5, 0.6) is 17.4 Å². The first-order valence-corrected chi connectivity index (χ1v) is 10.4. The predicted octanol–water partition coefficient (Wildman–Crippen LogP) is 2.70. The second-order valence-electron chi connectivity index (χ2n) is 7.36. The number of carbonyl (C=O) groups excluding carboxylic acids is 1. The average molecular weight is 446 g/mol. The fourth-order valence-corrected chi connectivity index (χ4v) is 3.44. The van der Waals surface area contributed by atoms with E-state index >= 15 is 0 Å². The highest BCUT2D eigenvalue weighted by atomic mass is 16.5. The second-order valence-corrected chi connectivity index (χ2v) is 7.36. The molecule has 0 bridgehead atoms. The summed E-state index contributed by atoms with van der Waals surface area (Å²) in [6.07, 6.45) is 4.48. The number of carbonyl (C=O) groups is 1. The lowest BCUT2D eigenvalue weighted by atomic mass is 10.1. The maximum atomic E-state index is 13.2. The first kappa shape index (κ1) is 22.0. The van der Waals surface area contributed by atoms with Crippen LogP contribution in [0.1, 0.15) is 18.4 Å². The smallest absolute Gasteiger partial charge is 0.269 e. The molecule has 3 heterocycles. The summed E-state index contributed by atoms with van der Waals surface area (Å²) in [5, 5.41) is 12.3. The predicted molar refractivity (Wildman–Crippen MR) is 120 cm³/mol. The van der Waals surface area contributed by atoms with E-state index in [1.165, 1.54) is 10.5 Å². The zero-order valence-electron chi connectivity index (χ0n) is 18.0. The largest absolute Gasteiger partial charge is 0.497 e. The minimum absolute atomic E-state index is 0.0154. The van der Waals surface area contributed by atoms with Crippen LogP contribution in [0, 0.1) is 11.3 Å². The lowest BCUT2D eigenvalue weighted by Crippen LogP contribution is -2.32. The maximum Gasteiger partial charge on any atom is 0.269 e. The summed E-state index contributed by atoms with van der Waals surface area (Å²) < 4.78 is 17.8. The average Bonchev–Trinajstić information content (AvgIpc) is 3.37. The van der Waals surface area contributed by atoms with Gasteiger partial charge in [0.15, 0.2) is 0 Å². The van der Waals surface area contributed by atoms with Crippen molar-refractivity contribution in [3.8, 4) is 23.4 Å². The Kier molecular flexibility index (Phi) is 6.66. The Labute approximate surface area is 189 Å². The minimum atomic E-state index is -0.596. The quantitative estimate of drug-likeness (QED) is 0.438. The number of nitriles is 1. The van der Waals surface area contributed by atoms with E-state index in [0.29, 0.717) is 30.3 Å². The van der Waals surface area contributed by atoms with Gasteiger partial charge in [0.2, 0.25) is 5.88 Å². The number of rotatable bonds is 7. The van der Waals surface area contributed by atoms with Crippen molar-refractivity contribution in [2.24, 2.45) is 0 Å². The van der Waals surface area contributed by atoms with E-state index in [-0.39, 0.29) is 23.1 Å². The van der Waals surface area contributed by atoms with E-state index in [0.717, 1.165) is 12.8 Å². The summed E-state index contributed by atoms with van der Waals surface area (Å²) in [7, 11) is 1.55. The number of hydrogen-bond acceptors (Lipinski definition) is 7. The molecule has 1 N–H and O–H groups in total. The van der Waals surface area contributed by atoms with Gasteiger partial charge in [0.05, 0.1) is 13.2 Å². The standard InChI is InChI=1S/C24H22N4O5/c1-31-17-7-9-18(10-8-17)33-23-20(24(30)28-11-3-2-6-21(28)27-23)13-16(14-25)22(29)26-15-19-5-4-12-32-19/h2-3,6-11,13,19H,4-5,12,15H2,1H3,(H,26,29)/b16-13+/t19-/m0/s1. The Morgan fingerprint density at radius 1 is 1.30 bits per heavy atom. The number of nitrogens with zero attached hydrogens (tertiary/aromatic N) is 3. The van der Waals surface area contributed by atoms with Crippen LogP contribution in [0.2, 0.25) is 0 Å². The highest BCUT2D eigenvalue weighted by Crippen LogP contribution is 2.25. The Hall–Kier alpha value is -4.16. The molecule has 1 atom stereocenters. The van der Waals surface area contributed by atoms with Crippen molar-refractivity contribution in [1.29, 1.82) is 5.26 Å². The Bertz CT molecular complexity index is 1280. The van der Waals surface area contributed by atoms with E-state index in [4.69, 9.17) is 14.2 Å². The molecule has 0 radical (unpaired) electrons. The number of benzene rings is 1. The molecule has 0 unspecified atom stereocenters. The van der Waals surface area contributed by atoms with Crippen LogP contribution in [0.4, 0.5) is 0 Å². The van der Waals surface area contributed by atoms with Gasteiger partial charge in [0.1, 0.15) is 34.4 Å². The number of ether oxygens (including phenoxy) is 3. The van der Waals surface area contributed by atoms with E-state index in [2.05, 4.69) is 10.3 Å². The van der Waals surface area contributed by atoms with Gasteiger partial charge in [-0.25, -0.2) is 0 Å². The van der Waals surface area contributed by atoms with Crippen molar-refractivity contribution >= 4 is 17.6 Å². The molecule has 9 nitrogen and oxygen atoms in total. The van der Waals surface area contributed by atoms with Crippen molar-refractivity contribution < 1.29 is 19.0 Å². The third-order valence-electron chi connectivity index (χ3n) is 5.18. The van der Waals surface area contributed by atoms with Gasteiger partial charge in [-0.3, -0.25) is 14.0 Å². The topological polar surface area (TPSA) is 115 Å². The van der Waals surface area contributed by atoms with Gasteiger partial charge in [0.25, 0.3) is 11.5 Å². The molecule has 0 spiro atoms. The van der Waals surface area contributed by atoms with Gasteiger partial charge in [0, 0.05) is 19.3 Å².